The third-order valence-electron chi connectivity index (χ3n) is 4.48. The minimum absolute atomic E-state index is 0.339. The van der Waals surface area contributed by atoms with Gasteiger partial charge in [-0.25, -0.2) is 0 Å². The molecule has 2 aromatic heterocycles. The van der Waals surface area contributed by atoms with Crippen LogP contribution in [0.3, 0.4) is 0 Å². The summed E-state index contributed by atoms with van der Waals surface area (Å²) >= 11 is -1.59. The lowest BCUT2D eigenvalue weighted by Crippen LogP contribution is -2.07. The SMILES string of the molecule is COc1ccnc(-c2ccc(OC)cc2[S+]([O-])c2nc3cc(OC)ccc3[nH]2)c1. The van der Waals surface area contributed by atoms with Crippen molar-refractivity contribution >= 4 is 22.2 Å². The average molecular weight is 409 g/mol. The van der Waals surface area contributed by atoms with Gasteiger partial charge in [-0.2, -0.15) is 4.98 Å². The second-order valence-corrected chi connectivity index (χ2v) is 7.50. The van der Waals surface area contributed by atoms with E-state index in [9.17, 15) is 4.55 Å². The van der Waals surface area contributed by atoms with Crippen molar-refractivity contribution in [2.75, 3.05) is 21.3 Å². The van der Waals surface area contributed by atoms with Gasteiger partial charge in [-0.05, 0) is 30.3 Å². The molecule has 0 radical (unpaired) electrons. The molecule has 1 unspecified atom stereocenters. The first-order chi connectivity index (χ1) is 14.1. The van der Waals surface area contributed by atoms with Gasteiger partial charge >= 0.3 is 5.16 Å². The molecule has 7 nitrogen and oxygen atoms in total. The molecule has 1 N–H and O–H groups in total. The fourth-order valence-electron chi connectivity index (χ4n) is 2.96. The highest BCUT2D eigenvalue weighted by Gasteiger charge is 2.25. The molecule has 0 amide bonds. The maximum Gasteiger partial charge on any atom is 0.327 e. The Hall–Kier alpha value is -3.23. The third-order valence-corrected chi connectivity index (χ3v) is 5.76. The lowest BCUT2D eigenvalue weighted by atomic mass is 10.1. The molecular weight excluding hydrogens is 390 g/mol. The number of ether oxygens (including phenoxy) is 3. The van der Waals surface area contributed by atoms with Crippen molar-refractivity contribution in [1.29, 1.82) is 0 Å². The number of methoxy groups -OCH3 is 3. The van der Waals surface area contributed by atoms with E-state index in [0.717, 1.165) is 5.52 Å². The number of H-pyrrole nitrogens is 1. The summed E-state index contributed by atoms with van der Waals surface area (Å²) in [7, 11) is 4.75. The Labute approximate surface area is 170 Å². The molecule has 1 atom stereocenters. The number of hydrogen-bond acceptors (Lipinski definition) is 6. The van der Waals surface area contributed by atoms with E-state index < -0.39 is 11.2 Å². The number of aromatic nitrogens is 3. The molecule has 0 saturated carbocycles. The quantitative estimate of drug-likeness (QED) is 0.487. The average Bonchev–Trinajstić information content (AvgIpc) is 3.21. The van der Waals surface area contributed by atoms with Crippen molar-refractivity contribution in [3.8, 4) is 28.5 Å². The largest absolute Gasteiger partial charge is 0.604 e. The van der Waals surface area contributed by atoms with E-state index in [4.69, 9.17) is 14.2 Å². The van der Waals surface area contributed by atoms with Gasteiger partial charge in [-0.3, -0.25) is 9.97 Å². The predicted octanol–water partition coefficient (Wildman–Crippen LogP) is 3.82. The van der Waals surface area contributed by atoms with Crippen LogP contribution < -0.4 is 14.2 Å². The zero-order valence-corrected chi connectivity index (χ0v) is 16.9. The van der Waals surface area contributed by atoms with E-state index in [2.05, 4.69) is 15.0 Å². The highest BCUT2D eigenvalue weighted by molar-refractivity contribution is 7.91. The Balaban J connectivity index is 1.82. The molecule has 8 heteroatoms. The Morgan fingerprint density at radius 1 is 0.862 bits per heavy atom. The number of nitrogens with zero attached hydrogens (tertiary/aromatic N) is 2. The fourth-order valence-corrected chi connectivity index (χ4v) is 4.15. The Morgan fingerprint density at radius 2 is 1.55 bits per heavy atom. The van der Waals surface area contributed by atoms with Crippen molar-refractivity contribution < 1.29 is 18.8 Å². The first kappa shape index (κ1) is 19.1. The fraction of sp³-hybridized carbons (Fsp3) is 0.143. The second-order valence-electron chi connectivity index (χ2n) is 6.14. The third kappa shape index (κ3) is 3.72. The van der Waals surface area contributed by atoms with Crippen molar-refractivity contribution in [1.82, 2.24) is 15.0 Å². The van der Waals surface area contributed by atoms with Crippen LogP contribution in [0.4, 0.5) is 0 Å². The van der Waals surface area contributed by atoms with Crippen LogP contribution in [-0.4, -0.2) is 40.8 Å². The van der Waals surface area contributed by atoms with E-state index >= 15 is 0 Å². The van der Waals surface area contributed by atoms with Crippen molar-refractivity contribution in [3.63, 3.8) is 0 Å². The predicted molar refractivity (Wildman–Crippen MR) is 110 cm³/mol. The van der Waals surface area contributed by atoms with E-state index in [1.165, 1.54) is 0 Å². The Morgan fingerprint density at radius 3 is 2.31 bits per heavy atom. The number of hydrogen-bond donors (Lipinski definition) is 1. The van der Waals surface area contributed by atoms with Gasteiger partial charge in [0.1, 0.15) is 17.2 Å². The smallest absolute Gasteiger partial charge is 0.327 e. The van der Waals surface area contributed by atoms with Crippen LogP contribution in [0, 0.1) is 0 Å². The number of benzene rings is 2. The van der Waals surface area contributed by atoms with Gasteiger partial charge in [0.2, 0.25) is 0 Å². The van der Waals surface area contributed by atoms with Gasteiger partial charge in [0.05, 0.1) is 54.8 Å². The Bertz CT molecular complexity index is 1160. The topological polar surface area (TPSA) is 92.3 Å². The van der Waals surface area contributed by atoms with Crippen molar-refractivity contribution in [2.24, 2.45) is 0 Å². The summed E-state index contributed by atoms with van der Waals surface area (Å²) in [5, 5.41) is 0.339. The molecule has 4 rings (SSSR count). The van der Waals surface area contributed by atoms with Crippen LogP contribution in [0.15, 0.2) is 64.8 Å². The monoisotopic (exact) mass is 409 g/mol. The van der Waals surface area contributed by atoms with E-state index in [-0.39, 0.29) is 0 Å². The number of rotatable bonds is 6. The van der Waals surface area contributed by atoms with Crippen LogP contribution >= 0.6 is 0 Å². The molecule has 0 aliphatic rings. The van der Waals surface area contributed by atoms with Crippen LogP contribution in [0.2, 0.25) is 0 Å². The van der Waals surface area contributed by atoms with Gasteiger partial charge in [0, 0.05) is 24.4 Å². The Kier molecular flexibility index (Phi) is 5.28. The van der Waals surface area contributed by atoms with Crippen molar-refractivity contribution in [3.05, 3.63) is 54.7 Å². The summed E-state index contributed by atoms with van der Waals surface area (Å²) in [6.45, 7) is 0. The highest BCUT2D eigenvalue weighted by atomic mass is 32.2. The van der Waals surface area contributed by atoms with Gasteiger partial charge in [0.25, 0.3) is 0 Å². The van der Waals surface area contributed by atoms with Crippen LogP contribution in [0.5, 0.6) is 17.2 Å². The second kappa shape index (κ2) is 8.02. The zero-order valence-electron chi connectivity index (χ0n) is 16.1. The minimum Gasteiger partial charge on any atom is -0.604 e. The molecule has 2 aromatic carbocycles. The summed E-state index contributed by atoms with van der Waals surface area (Å²) in [5.74, 6) is 1.94. The molecule has 4 aromatic rings. The maximum absolute atomic E-state index is 13.5. The first-order valence-corrected chi connectivity index (χ1v) is 9.92. The number of aromatic amines is 1. The molecular formula is C21H19N3O4S. The van der Waals surface area contributed by atoms with E-state index in [0.29, 0.717) is 44.1 Å². The molecule has 2 heterocycles. The molecule has 0 aliphatic carbocycles. The highest BCUT2D eigenvalue weighted by Crippen LogP contribution is 2.34. The van der Waals surface area contributed by atoms with Gasteiger partial charge in [-0.15, -0.1) is 0 Å². The molecule has 0 spiro atoms. The van der Waals surface area contributed by atoms with Gasteiger partial charge < -0.3 is 18.8 Å². The summed E-state index contributed by atoms with van der Waals surface area (Å²) in [5.41, 5.74) is 2.81. The zero-order chi connectivity index (χ0) is 20.4. The normalized spacial score (nSPS) is 12.0. The minimum atomic E-state index is -1.59. The number of imidazole rings is 1. The summed E-state index contributed by atoms with van der Waals surface area (Å²) in [6.07, 6.45) is 1.65. The number of fused-ring (bicyclic) bond motifs is 1. The van der Waals surface area contributed by atoms with Crippen LogP contribution in [-0.2, 0) is 11.2 Å². The lowest BCUT2D eigenvalue weighted by molar-refractivity contribution is 0.413. The maximum atomic E-state index is 13.5. The van der Waals surface area contributed by atoms with Gasteiger partial charge in [-0.1, -0.05) is 0 Å². The summed E-state index contributed by atoms with van der Waals surface area (Å²) in [6, 6.07) is 14.4. The molecule has 148 valence electrons. The number of pyridine rings is 1. The number of nitrogens with one attached hydrogen (secondary N) is 1. The molecule has 0 bridgehead atoms. The molecule has 29 heavy (non-hydrogen) atoms. The molecule has 0 fully saturated rings. The van der Waals surface area contributed by atoms with Crippen LogP contribution in [0.1, 0.15) is 0 Å². The van der Waals surface area contributed by atoms with Crippen molar-refractivity contribution in [2.45, 2.75) is 10.1 Å². The van der Waals surface area contributed by atoms with Crippen LogP contribution in [0.25, 0.3) is 22.3 Å². The first-order valence-electron chi connectivity index (χ1n) is 8.77. The standard InChI is InChI=1S/C21H19N3O4S/c1-26-13-5-7-17-19(11-13)24-21(23-17)29(25)20-12-14(27-2)4-6-16(20)18-10-15(28-3)8-9-22-18/h4-12H,1-3H3,(H,23,24). The molecule has 0 aliphatic heterocycles. The lowest BCUT2D eigenvalue weighted by Gasteiger charge is -2.13. The van der Waals surface area contributed by atoms with Gasteiger partial charge in [0.15, 0.2) is 4.90 Å². The summed E-state index contributed by atoms with van der Waals surface area (Å²) in [4.78, 5) is 12.6. The van der Waals surface area contributed by atoms with E-state index in [1.54, 1.807) is 57.9 Å². The summed E-state index contributed by atoms with van der Waals surface area (Å²) < 4.78 is 29.3. The molecule has 0 saturated heterocycles. The van der Waals surface area contributed by atoms with E-state index in [1.807, 2.05) is 18.2 Å².